The fourth-order valence-corrected chi connectivity index (χ4v) is 0.246. The first-order valence-corrected chi connectivity index (χ1v) is 2.32. The van der Waals surface area contributed by atoms with Gasteiger partial charge in [0.05, 0.1) is 0 Å². The van der Waals surface area contributed by atoms with Crippen molar-refractivity contribution in [1.29, 1.82) is 0 Å². The van der Waals surface area contributed by atoms with E-state index in [-0.39, 0.29) is 0 Å². The second-order valence-electron chi connectivity index (χ2n) is 1.59. The maximum absolute atomic E-state index is 3.72. The zero-order valence-corrected chi connectivity index (χ0v) is 4.99. The Morgan fingerprint density at radius 1 is 1.43 bits per heavy atom. The van der Waals surface area contributed by atoms with Crippen LogP contribution in [0.3, 0.4) is 0 Å². The molecular weight excluding hydrogens is 84.1 g/mol. The molecule has 0 bridgehead atoms. The number of allylic oxidation sites excluding steroid dienone is 2. The summed E-state index contributed by atoms with van der Waals surface area (Å²) >= 11 is 0. The molecule has 0 aliphatic carbocycles. The van der Waals surface area contributed by atoms with Crippen molar-refractivity contribution in [3.63, 3.8) is 0 Å². The van der Waals surface area contributed by atoms with Crippen LogP contribution in [0.1, 0.15) is 13.8 Å². The molecule has 38 valence electrons. The summed E-state index contributed by atoms with van der Waals surface area (Å²) in [6.07, 6.45) is 1.95. The van der Waals surface area contributed by atoms with Crippen molar-refractivity contribution in [1.82, 2.24) is 0 Å². The monoisotopic (exact) mass is 95.1 g/mol. The average molecular weight is 95.2 g/mol. The molecule has 0 aliphatic heterocycles. The van der Waals surface area contributed by atoms with Crippen LogP contribution in [0.4, 0.5) is 0 Å². The lowest BCUT2D eigenvalue weighted by Crippen LogP contribution is -1.76. The van der Waals surface area contributed by atoms with Crippen LogP contribution in [-0.4, -0.2) is 0 Å². The average Bonchev–Trinajstić information content (AvgIpc) is 1.65. The molecule has 0 heterocycles. The maximum atomic E-state index is 3.72. The molecule has 0 saturated heterocycles. The minimum Gasteiger partial charge on any atom is -0.0387 e. The second-order valence-corrected chi connectivity index (χ2v) is 1.59. The van der Waals surface area contributed by atoms with E-state index in [4.69, 9.17) is 0 Å². The molecular formula is C7H11+. The summed E-state index contributed by atoms with van der Waals surface area (Å²) in [5.74, 6) is 0. The van der Waals surface area contributed by atoms with Crippen LogP contribution in [0.15, 0.2) is 24.3 Å². The predicted octanol–water partition coefficient (Wildman–Crippen LogP) is 2.34. The Morgan fingerprint density at radius 2 is 1.86 bits per heavy atom. The van der Waals surface area contributed by atoms with Gasteiger partial charge in [0.1, 0.15) is 5.57 Å². The van der Waals surface area contributed by atoms with Crippen LogP contribution in [0.25, 0.3) is 0 Å². The first kappa shape index (κ1) is 6.35. The van der Waals surface area contributed by atoms with E-state index in [0.717, 1.165) is 11.1 Å². The molecule has 7 heavy (non-hydrogen) atoms. The largest absolute Gasteiger partial charge is 0.124 e. The quantitative estimate of drug-likeness (QED) is 0.365. The van der Waals surface area contributed by atoms with Gasteiger partial charge in [0.2, 0.25) is 0 Å². The van der Waals surface area contributed by atoms with Gasteiger partial charge < -0.3 is 0 Å². The van der Waals surface area contributed by atoms with Crippen LogP contribution in [-0.2, 0) is 0 Å². The van der Waals surface area contributed by atoms with Gasteiger partial charge in [0, 0.05) is 32.4 Å². The fourth-order valence-electron chi connectivity index (χ4n) is 0.246. The molecule has 0 rings (SSSR count). The fraction of sp³-hybridized carbons (Fsp3) is 0.286. The normalized spacial score (nSPS) is 7.71. The van der Waals surface area contributed by atoms with Gasteiger partial charge >= 0.3 is 0 Å². The van der Waals surface area contributed by atoms with Gasteiger partial charge in [-0.1, -0.05) is 0 Å². The molecule has 0 saturated carbocycles. The summed E-state index contributed by atoms with van der Waals surface area (Å²) in [6.45, 7) is 11.3. The molecule has 0 aromatic heterocycles. The van der Waals surface area contributed by atoms with E-state index in [1.165, 1.54) is 0 Å². The molecule has 0 nitrogen and oxygen atoms in total. The van der Waals surface area contributed by atoms with Crippen LogP contribution >= 0.6 is 0 Å². The number of rotatable bonds is 2. The summed E-state index contributed by atoms with van der Waals surface area (Å²) < 4.78 is 0. The third-order valence-electron chi connectivity index (χ3n) is 0.897. The standard InChI is InChI=1S/C7H11/c1-5-7(4)6(2)3/h5H,2,4H2,1,3H3/q+1. The molecule has 0 aromatic carbocycles. The van der Waals surface area contributed by atoms with Crippen molar-refractivity contribution in [2.75, 3.05) is 0 Å². The van der Waals surface area contributed by atoms with Gasteiger partial charge in [0.15, 0.2) is 0 Å². The molecule has 0 radical (unpaired) electrons. The summed E-state index contributed by atoms with van der Waals surface area (Å²) in [7, 11) is 0. The summed E-state index contributed by atoms with van der Waals surface area (Å²) in [4.78, 5) is 0. The van der Waals surface area contributed by atoms with Crippen molar-refractivity contribution < 1.29 is 0 Å². The zero-order valence-electron chi connectivity index (χ0n) is 4.99. The Hall–Kier alpha value is -0.650. The van der Waals surface area contributed by atoms with Crippen molar-refractivity contribution >= 4 is 0 Å². The Morgan fingerprint density at radius 3 is 1.86 bits per heavy atom. The van der Waals surface area contributed by atoms with E-state index in [1.54, 1.807) is 0 Å². The lowest BCUT2D eigenvalue weighted by Gasteiger charge is -1.84. The van der Waals surface area contributed by atoms with E-state index >= 15 is 0 Å². The van der Waals surface area contributed by atoms with E-state index < -0.39 is 0 Å². The SMILES string of the molecule is C=C(C)C(=C)[CH+]C. The summed E-state index contributed by atoms with van der Waals surface area (Å²) in [5.41, 5.74) is 2.07. The molecule has 0 fully saturated rings. The molecule has 0 heteroatoms. The van der Waals surface area contributed by atoms with E-state index in [1.807, 2.05) is 20.3 Å². The van der Waals surface area contributed by atoms with Crippen LogP contribution < -0.4 is 0 Å². The molecule has 0 N–H and O–H groups in total. The highest BCUT2D eigenvalue weighted by atomic mass is 13.9. The summed E-state index contributed by atoms with van der Waals surface area (Å²) in [6, 6.07) is 0. The molecule has 0 amide bonds. The Balaban J connectivity index is 3.58. The highest BCUT2D eigenvalue weighted by molar-refractivity contribution is 5.28. The second kappa shape index (κ2) is 2.51. The maximum Gasteiger partial charge on any atom is 0.124 e. The van der Waals surface area contributed by atoms with Crippen LogP contribution in [0.5, 0.6) is 0 Å². The summed E-state index contributed by atoms with van der Waals surface area (Å²) in [5, 5.41) is 0. The first-order valence-electron chi connectivity index (χ1n) is 2.32. The minimum absolute atomic E-state index is 1.03. The topological polar surface area (TPSA) is 0 Å². The van der Waals surface area contributed by atoms with Crippen molar-refractivity contribution in [2.24, 2.45) is 0 Å². The third kappa shape index (κ3) is 2.10. The van der Waals surface area contributed by atoms with Gasteiger partial charge in [-0.25, -0.2) is 0 Å². The predicted molar refractivity (Wildman–Crippen MR) is 33.9 cm³/mol. The molecule has 0 unspecified atom stereocenters. The highest BCUT2D eigenvalue weighted by Gasteiger charge is 1.96. The van der Waals surface area contributed by atoms with Crippen molar-refractivity contribution in [3.05, 3.63) is 30.7 Å². The van der Waals surface area contributed by atoms with Gasteiger partial charge in [-0.2, -0.15) is 0 Å². The van der Waals surface area contributed by atoms with E-state index in [9.17, 15) is 0 Å². The Kier molecular flexibility index (Phi) is 2.28. The lowest BCUT2D eigenvalue weighted by atomic mass is 10.1. The van der Waals surface area contributed by atoms with Crippen LogP contribution in [0.2, 0.25) is 0 Å². The Labute approximate surface area is 45.5 Å². The van der Waals surface area contributed by atoms with Crippen molar-refractivity contribution in [3.8, 4) is 0 Å². The third-order valence-corrected chi connectivity index (χ3v) is 0.897. The van der Waals surface area contributed by atoms with Crippen molar-refractivity contribution in [2.45, 2.75) is 13.8 Å². The smallest absolute Gasteiger partial charge is 0.0387 e. The van der Waals surface area contributed by atoms with Gasteiger partial charge in [0.25, 0.3) is 0 Å². The molecule has 0 aromatic rings. The van der Waals surface area contributed by atoms with Crippen LogP contribution in [0, 0.1) is 6.42 Å². The number of hydrogen-bond donors (Lipinski definition) is 0. The van der Waals surface area contributed by atoms with Gasteiger partial charge in [-0.3, -0.25) is 0 Å². The van der Waals surface area contributed by atoms with E-state index in [2.05, 4.69) is 13.2 Å². The lowest BCUT2D eigenvalue weighted by molar-refractivity contribution is 1.35. The van der Waals surface area contributed by atoms with Gasteiger partial charge in [-0.05, 0) is 6.58 Å². The zero-order chi connectivity index (χ0) is 5.86. The Bertz CT molecular complexity index is 88.2. The van der Waals surface area contributed by atoms with Gasteiger partial charge in [-0.15, -0.1) is 0 Å². The van der Waals surface area contributed by atoms with E-state index in [0.29, 0.717) is 0 Å². The molecule has 0 atom stereocenters. The number of hydrogen-bond acceptors (Lipinski definition) is 0. The molecule has 0 aliphatic rings. The molecule has 0 spiro atoms. The highest BCUT2D eigenvalue weighted by Crippen LogP contribution is 2.04. The minimum atomic E-state index is 1.03. The first-order chi connectivity index (χ1) is 3.18.